The van der Waals surface area contributed by atoms with Gasteiger partial charge in [-0.2, -0.15) is 0 Å². The predicted molar refractivity (Wildman–Crippen MR) is 115 cm³/mol. The summed E-state index contributed by atoms with van der Waals surface area (Å²) in [5.41, 5.74) is 3.58. The van der Waals surface area contributed by atoms with Crippen LogP contribution in [0.4, 0.5) is 5.69 Å². The molecule has 1 aliphatic rings. The lowest BCUT2D eigenvalue weighted by molar-refractivity contribution is -0.128. The molecule has 0 bridgehead atoms. The number of benzene rings is 1. The SMILES string of the molecule is CN(C)c1ccc(C#Cc2nc3ncccc3nc2OCCN2CCCC2=O)cc1. The normalized spacial score (nSPS) is 13.3. The predicted octanol–water partition coefficient (Wildman–Crippen LogP) is 2.49. The Morgan fingerprint density at radius 3 is 2.70 bits per heavy atom. The van der Waals surface area contributed by atoms with Crippen LogP contribution in [-0.2, 0) is 4.79 Å². The maximum atomic E-state index is 11.8. The second-order valence-electron chi connectivity index (χ2n) is 7.25. The van der Waals surface area contributed by atoms with Crippen molar-refractivity contribution in [1.29, 1.82) is 0 Å². The van der Waals surface area contributed by atoms with Gasteiger partial charge in [0.05, 0.1) is 6.54 Å². The van der Waals surface area contributed by atoms with Gasteiger partial charge in [-0.25, -0.2) is 15.0 Å². The zero-order valence-electron chi connectivity index (χ0n) is 17.1. The van der Waals surface area contributed by atoms with Crippen molar-refractivity contribution in [2.75, 3.05) is 38.7 Å². The van der Waals surface area contributed by atoms with Crippen LogP contribution in [0, 0.1) is 11.8 Å². The van der Waals surface area contributed by atoms with Gasteiger partial charge in [0.2, 0.25) is 11.8 Å². The highest BCUT2D eigenvalue weighted by Gasteiger charge is 2.20. The number of fused-ring (bicyclic) bond motifs is 1. The monoisotopic (exact) mass is 401 g/mol. The van der Waals surface area contributed by atoms with E-state index < -0.39 is 0 Å². The molecule has 0 radical (unpaired) electrons. The van der Waals surface area contributed by atoms with Gasteiger partial charge in [-0.3, -0.25) is 4.79 Å². The second kappa shape index (κ2) is 8.78. The van der Waals surface area contributed by atoms with Crippen LogP contribution in [0.1, 0.15) is 24.1 Å². The Bertz CT molecular complexity index is 1120. The smallest absolute Gasteiger partial charge is 0.249 e. The number of pyridine rings is 1. The number of amides is 1. The fourth-order valence-electron chi connectivity index (χ4n) is 3.23. The summed E-state index contributed by atoms with van der Waals surface area (Å²) >= 11 is 0. The summed E-state index contributed by atoms with van der Waals surface area (Å²) < 4.78 is 5.89. The number of aromatic nitrogens is 3. The average molecular weight is 401 g/mol. The molecule has 1 aromatic carbocycles. The molecule has 7 heteroatoms. The molecule has 0 unspecified atom stereocenters. The molecule has 1 amide bonds. The topological polar surface area (TPSA) is 71.5 Å². The molecule has 0 atom stereocenters. The maximum absolute atomic E-state index is 11.8. The summed E-state index contributed by atoms with van der Waals surface area (Å²) in [4.78, 5) is 29.0. The van der Waals surface area contributed by atoms with Crippen LogP contribution in [-0.4, -0.2) is 59.6 Å². The third-order valence-electron chi connectivity index (χ3n) is 4.89. The van der Waals surface area contributed by atoms with Crippen LogP contribution in [0.3, 0.4) is 0 Å². The number of rotatable bonds is 5. The molecular formula is C23H23N5O2. The minimum absolute atomic E-state index is 0.175. The van der Waals surface area contributed by atoms with E-state index in [1.807, 2.05) is 54.2 Å². The molecule has 7 nitrogen and oxygen atoms in total. The van der Waals surface area contributed by atoms with Crippen LogP contribution in [0.15, 0.2) is 42.6 Å². The molecule has 152 valence electrons. The van der Waals surface area contributed by atoms with E-state index in [9.17, 15) is 4.79 Å². The van der Waals surface area contributed by atoms with Gasteiger partial charge in [-0.15, -0.1) is 0 Å². The lowest BCUT2D eigenvalue weighted by Crippen LogP contribution is -2.29. The first-order valence-electron chi connectivity index (χ1n) is 9.93. The van der Waals surface area contributed by atoms with Gasteiger partial charge >= 0.3 is 0 Å². The Balaban J connectivity index is 1.57. The molecule has 2 aromatic heterocycles. The van der Waals surface area contributed by atoms with Crippen molar-refractivity contribution in [2.45, 2.75) is 12.8 Å². The van der Waals surface area contributed by atoms with Gasteiger partial charge in [0, 0.05) is 44.5 Å². The molecular weight excluding hydrogens is 378 g/mol. The summed E-state index contributed by atoms with van der Waals surface area (Å²) in [6.07, 6.45) is 3.20. The largest absolute Gasteiger partial charge is 0.474 e. The van der Waals surface area contributed by atoms with Gasteiger partial charge in [0.15, 0.2) is 11.3 Å². The lowest BCUT2D eigenvalue weighted by atomic mass is 10.2. The molecule has 3 heterocycles. The molecule has 1 fully saturated rings. The number of likely N-dealkylation sites (tertiary alicyclic amines) is 1. The second-order valence-corrected chi connectivity index (χ2v) is 7.25. The first-order valence-corrected chi connectivity index (χ1v) is 9.93. The number of hydrogen-bond donors (Lipinski definition) is 0. The fourth-order valence-corrected chi connectivity index (χ4v) is 3.23. The number of carbonyl (C=O) groups excluding carboxylic acids is 1. The number of carbonyl (C=O) groups is 1. The highest BCUT2D eigenvalue weighted by atomic mass is 16.5. The molecule has 0 saturated carbocycles. The molecule has 3 aromatic rings. The number of nitrogens with zero attached hydrogens (tertiary/aromatic N) is 5. The molecule has 30 heavy (non-hydrogen) atoms. The standard InChI is InChI=1S/C23H23N5O2/c1-27(2)18-10-7-17(8-11-18)9-12-20-23(26-19-5-3-13-24-22(19)25-20)30-16-15-28-14-4-6-21(28)29/h3,5,7-8,10-11,13H,4,6,14-16H2,1-2H3. The van der Waals surface area contributed by atoms with Gasteiger partial charge in [0.25, 0.3) is 0 Å². The number of ether oxygens (including phenoxy) is 1. The quantitative estimate of drug-likeness (QED) is 0.612. The van der Waals surface area contributed by atoms with Crippen molar-refractivity contribution < 1.29 is 9.53 Å². The lowest BCUT2D eigenvalue weighted by Gasteiger charge is -2.15. The summed E-state index contributed by atoms with van der Waals surface area (Å²) in [6.45, 7) is 1.66. The van der Waals surface area contributed by atoms with Crippen molar-refractivity contribution in [2.24, 2.45) is 0 Å². The van der Waals surface area contributed by atoms with Crippen LogP contribution in [0.5, 0.6) is 5.88 Å². The van der Waals surface area contributed by atoms with E-state index in [0.717, 1.165) is 24.2 Å². The van der Waals surface area contributed by atoms with Crippen LogP contribution in [0.25, 0.3) is 11.2 Å². The zero-order valence-corrected chi connectivity index (χ0v) is 17.1. The van der Waals surface area contributed by atoms with Gasteiger partial charge in [-0.1, -0.05) is 5.92 Å². The van der Waals surface area contributed by atoms with Crippen molar-refractivity contribution >= 4 is 22.8 Å². The molecule has 4 rings (SSSR count). The van der Waals surface area contributed by atoms with E-state index in [4.69, 9.17) is 4.74 Å². The van der Waals surface area contributed by atoms with Gasteiger partial charge in [-0.05, 0) is 48.7 Å². The summed E-state index contributed by atoms with van der Waals surface area (Å²) in [5, 5.41) is 0. The van der Waals surface area contributed by atoms with Gasteiger partial charge in [0.1, 0.15) is 12.1 Å². The Kier molecular flexibility index (Phi) is 5.75. The first-order chi connectivity index (χ1) is 14.6. The first kappa shape index (κ1) is 19.6. The average Bonchev–Trinajstić information content (AvgIpc) is 3.17. The van der Waals surface area contributed by atoms with Crippen molar-refractivity contribution in [3.8, 4) is 17.7 Å². The van der Waals surface area contributed by atoms with Crippen molar-refractivity contribution in [3.63, 3.8) is 0 Å². The third-order valence-corrected chi connectivity index (χ3v) is 4.89. The maximum Gasteiger partial charge on any atom is 0.249 e. The Labute approximate surface area is 175 Å². The Morgan fingerprint density at radius 1 is 1.13 bits per heavy atom. The zero-order chi connectivity index (χ0) is 20.9. The van der Waals surface area contributed by atoms with E-state index in [1.54, 1.807) is 12.3 Å². The van der Waals surface area contributed by atoms with Gasteiger partial charge < -0.3 is 14.5 Å². The number of anilines is 1. The highest BCUT2D eigenvalue weighted by molar-refractivity contribution is 5.78. The van der Waals surface area contributed by atoms with Crippen LogP contribution in [0.2, 0.25) is 0 Å². The molecule has 1 saturated heterocycles. The minimum atomic E-state index is 0.175. The minimum Gasteiger partial charge on any atom is -0.474 e. The molecule has 0 spiro atoms. The van der Waals surface area contributed by atoms with Crippen LogP contribution < -0.4 is 9.64 Å². The van der Waals surface area contributed by atoms with E-state index in [-0.39, 0.29) is 5.91 Å². The molecule has 1 aliphatic heterocycles. The van der Waals surface area contributed by atoms with E-state index in [2.05, 4.69) is 26.8 Å². The van der Waals surface area contributed by atoms with E-state index in [1.165, 1.54) is 0 Å². The Hall–Kier alpha value is -3.66. The van der Waals surface area contributed by atoms with E-state index in [0.29, 0.717) is 42.3 Å². The number of hydrogen-bond acceptors (Lipinski definition) is 6. The highest BCUT2D eigenvalue weighted by Crippen LogP contribution is 2.18. The molecule has 0 aliphatic carbocycles. The van der Waals surface area contributed by atoms with Crippen molar-refractivity contribution in [3.05, 3.63) is 53.9 Å². The summed E-state index contributed by atoms with van der Waals surface area (Å²) in [7, 11) is 4.00. The molecule has 0 N–H and O–H groups in total. The Morgan fingerprint density at radius 2 is 1.97 bits per heavy atom. The van der Waals surface area contributed by atoms with Crippen LogP contribution >= 0.6 is 0 Å². The summed E-state index contributed by atoms with van der Waals surface area (Å²) in [6, 6.07) is 11.6. The fraction of sp³-hybridized carbons (Fsp3) is 0.304. The van der Waals surface area contributed by atoms with Crippen molar-refractivity contribution in [1.82, 2.24) is 19.9 Å². The summed E-state index contributed by atoms with van der Waals surface area (Å²) in [5.74, 6) is 6.74. The van der Waals surface area contributed by atoms with E-state index >= 15 is 0 Å². The third kappa shape index (κ3) is 4.49.